The number of carbonyl (C=O) groups is 1. The first-order valence-corrected chi connectivity index (χ1v) is 16.8. The second-order valence-corrected chi connectivity index (χ2v) is 13.5. The molecule has 268 valence electrons. The lowest BCUT2D eigenvalue weighted by Crippen LogP contribution is -2.34. The Hall–Kier alpha value is -2.19. The molecule has 11 nitrogen and oxygen atoms in total. The van der Waals surface area contributed by atoms with Crippen molar-refractivity contribution >= 4 is 5.97 Å². The van der Waals surface area contributed by atoms with Crippen LogP contribution in [0.3, 0.4) is 0 Å². The Balaban J connectivity index is 2.14. The molecule has 1 saturated heterocycles. The molecule has 0 aromatic rings. The molecule has 2 aliphatic heterocycles. The van der Waals surface area contributed by atoms with Crippen LogP contribution in [0.25, 0.3) is 0 Å². The lowest BCUT2D eigenvalue weighted by atomic mass is 9.90. The van der Waals surface area contributed by atoms with Crippen LogP contribution >= 0.6 is 0 Å². The highest BCUT2D eigenvalue weighted by atomic mass is 16.5. The van der Waals surface area contributed by atoms with Gasteiger partial charge in [0, 0.05) is 30.8 Å². The maximum absolute atomic E-state index is 12.5. The Morgan fingerprint density at radius 2 is 1.13 bits per heavy atom. The van der Waals surface area contributed by atoms with Crippen molar-refractivity contribution in [3.05, 3.63) is 60.8 Å². The third-order valence-corrected chi connectivity index (χ3v) is 8.74. The second-order valence-electron chi connectivity index (χ2n) is 13.5. The van der Waals surface area contributed by atoms with Gasteiger partial charge in [-0.25, -0.2) is 4.79 Å². The van der Waals surface area contributed by atoms with Crippen molar-refractivity contribution in [2.75, 3.05) is 0 Å². The number of fused-ring (bicyclic) bond motifs is 2. The number of ether oxygens (including phenoxy) is 2. The Bertz CT molecular complexity index is 1050. The smallest absolute Gasteiger partial charge is 0.331 e. The van der Waals surface area contributed by atoms with Crippen LogP contribution in [0.1, 0.15) is 72.6 Å². The summed E-state index contributed by atoms with van der Waals surface area (Å²) >= 11 is 0. The minimum Gasteiger partial charge on any atom is -0.458 e. The third kappa shape index (κ3) is 15.7. The van der Waals surface area contributed by atoms with Crippen molar-refractivity contribution in [2.24, 2.45) is 17.8 Å². The highest BCUT2D eigenvalue weighted by Crippen LogP contribution is 2.30. The minimum absolute atomic E-state index is 0.00679. The van der Waals surface area contributed by atoms with Gasteiger partial charge in [0.1, 0.15) is 12.2 Å². The Kier molecular flexibility index (Phi) is 18.3. The molecule has 0 aromatic heterocycles. The predicted octanol–water partition coefficient (Wildman–Crippen LogP) is 2.01. The van der Waals surface area contributed by atoms with Crippen LogP contribution in [0.15, 0.2) is 60.8 Å². The Labute approximate surface area is 279 Å². The topological polar surface area (TPSA) is 197 Å². The number of carbonyl (C=O) groups excluding carboxylic acids is 1. The van der Waals surface area contributed by atoms with E-state index in [9.17, 15) is 45.6 Å². The minimum atomic E-state index is -1.10. The molecule has 13 atom stereocenters. The van der Waals surface area contributed by atoms with E-state index >= 15 is 0 Å². The standard InChI is InChI=1S/C36H58O11/c1-22(2)36-23(3)13-14-25(37)15-26(38)16-27(39)17-28(40)18-29(41)19-30(42)20-31(43)24(4)34-21-32(44)33(46-34)11-9-7-5-6-8-10-12-35(45)47-36/h5-14,22-34,36-44H,15-21H2,1-4H3/b7-5+,8-6+,11-9+,12-10+,14-13+/t23-,24+,25-,26-,27-,28-,29+,30+,31+,32+,33+,34-,36-/m0/s1. The van der Waals surface area contributed by atoms with Gasteiger partial charge in [-0.15, -0.1) is 0 Å². The second kappa shape index (κ2) is 21.0. The van der Waals surface area contributed by atoms with Gasteiger partial charge in [-0.1, -0.05) is 82.4 Å². The van der Waals surface area contributed by atoms with Crippen LogP contribution < -0.4 is 0 Å². The van der Waals surface area contributed by atoms with Crippen LogP contribution in [-0.2, 0) is 14.3 Å². The number of allylic oxidation sites excluding steroid dienone is 6. The van der Waals surface area contributed by atoms with Crippen molar-refractivity contribution in [3.8, 4) is 0 Å². The SMILES string of the molecule is CC(C)[C@@H]1OC(=O)/C=C/C=C/C=C/C=C/[C@H]2O[C@@H](C[C@H]2O)[C@H](C)[C@H](O)C[C@H](O)C[C@H](O)C[C@@H](O)C[C@@H](O)C[C@@H](O)C[C@@H](O)/C=C/[C@@H]1C. The molecule has 8 N–H and O–H groups in total. The third-order valence-electron chi connectivity index (χ3n) is 8.74. The number of aliphatic hydroxyl groups is 8. The molecule has 0 saturated carbocycles. The van der Waals surface area contributed by atoms with E-state index in [-0.39, 0.29) is 50.4 Å². The molecule has 2 heterocycles. The molecule has 2 bridgehead atoms. The summed E-state index contributed by atoms with van der Waals surface area (Å²) in [7, 11) is 0. The van der Waals surface area contributed by atoms with Crippen LogP contribution in [0.4, 0.5) is 0 Å². The summed E-state index contributed by atoms with van der Waals surface area (Å²) in [4.78, 5) is 12.5. The van der Waals surface area contributed by atoms with E-state index in [0.29, 0.717) is 6.42 Å². The van der Waals surface area contributed by atoms with Gasteiger partial charge in [-0.2, -0.15) is 0 Å². The first-order valence-electron chi connectivity index (χ1n) is 16.8. The van der Waals surface area contributed by atoms with E-state index < -0.39 is 79.0 Å². The van der Waals surface area contributed by atoms with Gasteiger partial charge in [0.2, 0.25) is 0 Å². The fourth-order valence-corrected chi connectivity index (χ4v) is 6.07. The van der Waals surface area contributed by atoms with Crippen molar-refractivity contribution in [3.63, 3.8) is 0 Å². The zero-order valence-electron chi connectivity index (χ0n) is 28.1. The molecule has 2 rings (SSSR count). The summed E-state index contributed by atoms with van der Waals surface area (Å²) in [5.41, 5.74) is 0. The average molecular weight is 667 g/mol. The van der Waals surface area contributed by atoms with Gasteiger partial charge in [0.15, 0.2) is 0 Å². The summed E-state index contributed by atoms with van der Waals surface area (Å²) < 4.78 is 11.6. The van der Waals surface area contributed by atoms with Gasteiger partial charge >= 0.3 is 5.97 Å². The molecule has 0 aromatic carbocycles. The van der Waals surface area contributed by atoms with E-state index in [1.54, 1.807) is 55.5 Å². The first-order chi connectivity index (χ1) is 22.2. The number of hydrogen-bond acceptors (Lipinski definition) is 11. The molecule has 0 spiro atoms. The summed E-state index contributed by atoms with van der Waals surface area (Å²) in [5, 5.41) is 83.8. The average Bonchev–Trinajstić information content (AvgIpc) is 3.34. The molecule has 0 unspecified atom stereocenters. The Morgan fingerprint density at radius 3 is 1.70 bits per heavy atom. The monoisotopic (exact) mass is 666 g/mol. The lowest BCUT2D eigenvalue weighted by Gasteiger charge is -2.27. The number of esters is 1. The van der Waals surface area contributed by atoms with E-state index in [1.165, 1.54) is 12.2 Å². The van der Waals surface area contributed by atoms with Crippen molar-refractivity contribution in [2.45, 2.75) is 140 Å². The molecule has 0 radical (unpaired) electrons. The van der Waals surface area contributed by atoms with E-state index in [1.807, 2.05) is 20.8 Å². The van der Waals surface area contributed by atoms with Crippen molar-refractivity contribution < 1.29 is 55.1 Å². The first kappa shape index (κ1) is 41.0. The maximum Gasteiger partial charge on any atom is 0.331 e. The molecular formula is C36H58O11. The number of rotatable bonds is 1. The van der Waals surface area contributed by atoms with Gasteiger partial charge < -0.3 is 50.3 Å². The van der Waals surface area contributed by atoms with E-state index in [2.05, 4.69) is 0 Å². The number of aliphatic hydroxyl groups excluding tert-OH is 8. The highest BCUT2D eigenvalue weighted by Gasteiger charge is 2.38. The molecule has 2 aliphatic rings. The zero-order chi connectivity index (χ0) is 35.1. The largest absolute Gasteiger partial charge is 0.458 e. The molecule has 47 heavy (non-hydrogen) atoms. The van der Waals surface area contributed by atoms with Crippen LogP contribution in [0.5, 0.6) is 0 Å². The van der Waals surface area contributed by atoms with Gasteiger partial charge in [0.25, 0.3) is 0 Å². The normalized spacial score (nSPS) is 43.3. The van der Waals surface area contributed by atoms with Crippen molar-refractivity contribution in [1.29, 1.82) is 0 Å². The zero-order valence-corrected chi connectivity index (χ0v) is 28.1. The summed E-state index contributed by atoms with van der Waals surface area (Å²) in [6.07, 6.45) is 6.66. The van der Waals surface area contributed by atoms with Crippen molar-refractivity contribution in [1.82, 2.24) is 0 Å². The Morgan fingerprint density at radius 1 is 0.617 bits per heavy atom. The molecular weight excluding hydrogens is 608 g/mol. The van der Waals surface area contributed by atoms with Crippen LogP contribution in [0.2, 0.25) is 0 Å². The highest BCUT2D eigenvalue weighted by molar-refractivity contribution is 5.82. The van der Waals surface area contributed by atoms with Crippen LogP contribution in [-0.4, -0.2) is 114 Å². The fourth-order valence-electron chi connectivity index (χ4n) is 6.07. The number of cyclic esters (lactones) is 1. The number of hydrogen-bond donors (Lipinski definition) is 8. The van der Waals surface area contributed by atoms with E-state index in [0.717, 1.165) is 0 Å². The summed E-state index contributed by atoms with van der Waals surface area (Å²) in [6, 6.07) is 0. The van der Waals surface area contributed by atoms with Crippen LogP contribution in [0, 0.1) is 17.8 Å². The summed E-state index contributed by atoms with van der Waals surface area (Å²) in [5.74, 6) is -1.16. The van der Waals surface area contributed by atoms with Gasteiger partial charge in [-0.05, 0) is 38.0 Å². The quantitative estimate of drug-likeness (QED) is 0.151. The molecule has 0 aliphatic carbocycles. The fraction of sp³-hybridized carbons (Fsp3) is 0.694. The summed E-state index contributed by atoms with van der Waals surface area (Å²) in [6.45, 7) is 7.48. The molecule has 1 fully saturated rings. The predicted molar refractivity (Wildman–Crippen MR) is 178 cm³/mol. The van der Waals surface area contributed by atoms with Gasteiger partial charge in [-0.3, -0.25) is 0 Å². The van der Waals surface area contributed by atoms with E-state index in [4.69, 9.17) is 9.47 Å². The molecule has 11 heteroatoms. The maximum atomic E-state index is 12.5. The van der Waals surface area contributed by atoms with Gasteiger partial charge in [0.05, 0.1) is 54.9 Å². The lowest BCUT2D eigenvalue weighted by molar-refractivity contribution is -0.147. The molecule has 0 amide bonds.